The zero-order chi connectivity index (χ0) is 30.6. The summed E-state index contributed by atoms with van der Waals surface area (Å²) in [5, 5.41) is 11.6. The van der Waals surface area contributed by atoms with Crippen molar-refractivity contribution in [2.24, 2.45) is 39.9 Å². The maximum atomic E-state index is 14.7. The van der Waals surface area contributed by atoms with Crippen LogP contribution in [0.2, 0.25) is 0 Å². The Morgan fingerprint density at radius 1 is 1.17 bits per heavy atom. The fraction of sp³-hybridized carbons (Fsp3) is 0.688. The van der Waals surface area contributed by atoms with Gasteiger partial charge in [0, 0.05) is 45.1 Å². The molecule has 1 aromatic rings. The van der Waals surface area contributed by atoms with Crippen LogP contribution in [-0.2, 0) is 38.1 Å². The average Bonchev–Trinajstić information content (AvgIpc) is 3.40. The van der Waals surface area contributed by atoms with E-state index < -0.39 is 76.0 Å². The van der Waals surface area contributed by atoms with Crippen molar-refractivity contribution < 1.29 is 47.6 Å². The number of ketones is 1. The molecule has 2 bridgehead atoms. The van der Waals surface area contributed by atoms with Crippen molar-refractivity contribution >= 4 is 23.7 Å². The van der Waals surface area contributed by atoms with E-state index in [9.17, 15) is 24.3 Å². The quantitative estimate of drug-likeness (QED) is 0.236. The first-order valence-electron chi connectivity index (χ1n) is 14.7. The lowest BCUT2D eigenvalue weighted by Crippen LogP contribution is -2.74. The van der Waals surface area contributed by atoms with Gasteiger partial charge >= 0.3 is 17.9 Å². The molecule has 228 valence electrons. The van der Waals surface area contributed by atoms with E-state index in [1.165, 1.54) is 7.11 Å². The Bertz CT molecular complexity index is 1360. The summed E-state index contributed by atoms with van der Waals surface area (Å²) >= 11 is 0. The van der Waals surface area contributed by atoms with Crippen LogP contribution in [-0.4, -0.2) is 59.8 Å². The Labute approximate surface area is 245 Å². The summed E-state index contributed by atoms with van der Waals surface area (Å²) in [7, 11) is 1.19. The lowest BCUT2D eigenvalue weighted by Gasteiger charge is -2.65. The number of fused-ring (bicyclic) bond motifs is 5. The summed E-state index contributed by atoms with van der Waals surface area (Å²) in [5.74, 6) is -4.51. The zero-order valence-corrected chi connectivity index (χ0v) is 25.2. The maximum Gasteiger partial charge on any atom is 0.335 e. The van der Waals surface area contributed by atoms with E-state index in [-0.39, 0.29) is 24.1 Å². The number of hydrogen-bond donors (Lipinski definition) is 1. The second-order valence-electron chi connectivity index (χ2n) is 13.9. The number of hydrogen-bond acceptors (Lipinski definition) is 10. The Hall–Kier alpha value is -2.98. The molecule has 10 nitrogen and oxygen atoms in total. The summed E-state index contributed by atoms with van der Waals surface area (Å²) in [4.78, 5) is 53.9. The number of Topliss-reactive ketones (excluding diaryl/α,β-unsaturated/α-hetero) is 1. The van der Waals surface area contributed by atoms with E-state index in [1.54, 1.807) is 38.5 Å². The van der Waals surface area contributed by atoms with Crippen LogP contribution >= 0.6 is 0 Å². The number of carbonyl (C=O) groups is 4. The molecule has 1 aromatic heterocycles. The SMILES string of the molecule is CC=C(C)C(=O)OC1C2C(=O)C(C)(C(C(O)C(=O)OC)C1(C)C)C1CCC3(C)C(c4ccoc4)OC(=O)CC3C13OC23. The third-order valence-electron chi connectivity index (χ3n) is 11.8. The van der Waals surface area contributed by atoms with Crippen LogP contribution < -0.4 is 0 Å². The monoisotopic (exact) mass is 584 g/mol. The van der Waals surface area contributed by atoms with Crippen LogP contribution in [0, 0.1) is 39.9 Å². The number of carbonyl (C=O) groups excluding carboxylic acids is 4. The first kappa shape index (κ1) is 29.1. The summed E-state index contributed by atoms with van der Waals surface area (Å²) in [5.41, 5.74) is -2.56. The Kier molecular flexibility index (Phi) is 6.42. The summed E-state index contributed by atoms with van der Waals surface area (Å²) < 4.78 is 29.1. The standard InChI is InChI=1S/C32H40O10/c1-8-15(2)27(36)41-25-20-23(35)31(6,22(29(25,3)4)21(34)28(37)38-7)17-9-11-30(5)18(32(17)26(20)42-32)13-19(33)40-24(30)16-10-12-39-14-16/h8,10,12,14,17-18,20-22,24-26,34H,9,11,13H2,1-7H3. The highest BCUT2D eigenvalue weighted by Gasteiger charge is 2.86. The summed E-state index contributed by atoms with van der Waals surface area (Å²) in [6, 6.07) is 1.80. The third kappa shape index (κ3) is 3.51. The van der Waals surface area contributed by atoms with E-state index in [4.69, 9.17) is 23.4 Å². The Morgan fingerprint density at radius 3 is 2.50 bits per heavy atom. The molecule has 3 saturated carbocycles. The van der Waals surface area contributed by atoms with E-state index in [0.717, 1.165) is 5.56 Å². The highest BCUT2D eigenvalue weighted by molar-refractivity contribution is 5.94. The predicted octanol–water partition coefficient (Wildman–Crippen LogP) is 3.71. The number of aliphatic hydroxyl groups excluding tert-OH is 1. The number of allylic oxidation sites excluding steroid dienone is 1. The van der Waals surface area contributed by atoms with Gasteiger partial charge in [-0.2, -0.15) is 0 Å². The fourth-order valence-electron chi connectivity index (χ4n) is 9.83. The molecule has 11 unspecified atom stereocenters. The van der Waals surface area contributed by atoms with Crippen LogP contribution in [0.4, 0.5) is 0 Å². The molecule has 11 atom stereocenters. The number of epoxide rings is 1. The second-order valence-corrected chi connectivity index (χ2v) is 13.9. The molecule has 0 amide bonds. The number of esters is 3. The zero-order valence-electron chi connectivity index (χ0n) is 25.2. The van der Waals surface area contributed by atoms with Gasteiger partial charge in [0.15, 0.2) is 6.10 Å². The van der Waals surface area contributed by atoms with Gasteiger partial charge in [0.25, 0.3) is 0 Å². The lowest BCUT2D eigenvalue weighted by atomic mass is 9.37. The molecule has 10 heteroatoms. The number of rotatable bonds is 5. The molecule has 5 aliphatic rings. The van der Waals surface area contributed by atoms with Gasteiger partial charge in [0.2, 0.25) is 0 Å². The minimum absolute atomic E-state index is 0.102. The third-order valence-corrected chi connectivity index (χ3v) is 11.8. The first-order chi connectivity index (χ1) is 19.7. The van der Waals surface area contributed by atoms with Crippen molar-refractivity contribution in [3.8, 4) is 0 Å². The highest BCUT2D eigenvalue weighted by Crippen LogP contribution is 2.77. The van der Waals surface area contributed by atoms with Crippen molar-refractivity contribution in [3.63, 3.8) is 0 Å². The van der Waals surface area contributed by atoms with Gasteiger partial charge in [0.1, 0.15) is 29.7 Å². The van der Waals surface area contributed by atoms with Gasteiger partial charge < -0.3 is 28.5 Å². The molecule has 6 rings (SSSR count). The van der Waals surface area contributed by atoms with Crippen LogP contribution in [0.5, 0.6) is 0 Å². The van der Waals surface area contributed by atoms with Crippen molar-refractivity contribution in [1.29, 1.82) is 0 Å². The predicted molar refractivity (Wildman–Crippen MR) is 145 cm³/mol. The second kappa shape index (κ2) is 9.26. The smallest absolute Gasteiger partial charge is 0.335 e. The molecule has 2 saturated heterocycles. The van der Waals surface area contributed by atoms with Crippen LogP contribution in [0.25, 0.3) is 0 Å². The van der Waals surface area contributed by atoms with E-state index in [2.05, 4.69) is 6.92 Å². The molecule has 3 heterocycles. The number of cyclic esters (lactones) is 1. The molecule has 1 spiro atoms. The molecule has 42 heavy (non-hydrogen) atoms. The maximum absolute atomic E-state index is 14.7. The number of furan rings is 1. The van der Waals surface area contributed by atoms with E-state index >= 15 is 0 Å². The molecule has 1 N–H and O–H groups in total. The Morgan fingerprint density at radius 2 is 1.88 bits per heavy atom. The summed E-state index contributed by atoms with van der Waals surface area (Å²) in [6.07, 6.45) is 2.23. The topological polar surface area (TPSA) is 142 Å². The van der Waals surface area contributed by atoms with Gasteiger partial charge in [0.05, 0.1) is 32.0 Å². The van der Waals surface area contributed by atoms with Gasteiger partial charge in [-0.1, -0.05) is 33.8 Å². The normalized spacial score (nSPS) is 44.1. The molecule has 2 aliphatic heterocycles. The molecular formula is C32H40O10. The average molecular weight is 585 g/mol. The van der Waals surface area contributed by atoms with E-state index in [1.807, 2.05) is 20.8 Å². The molecular weight excluding hydrogens is 544 g/mol. The molecule has 5 fully saturated rings. The van der Waals surface area contributed by atoms with Crippen molar-refractivity contribution in [3.05, 3.63) is 35.8 Å². The van der Waals surface area contributed by atoms with Crippen LogP contribution in [0.1, 0.15) is 72.5 Å². The first-order valence-corrected chi connectivity index (χ1v) is 14.7. The van der Waals surface area contributed by atoms with Gasteiger partial charge in [-0.3, -0.25) is 9.59 Å². The summed E-state index contributed by atoms with van der Waals surface area (Å²) in [6.45, 7) is 10.9. The van der Waals surface area contributed by atoms with Crippen LogP contribution in [0.3, 0.4) is 0 Å². The Balaban J connectivity index is 1.52. The van der Waals surface area contributed by atoms with Crippen molar-refractivity contribution in [1.82, 2.24) is 0 Å². The number of aliphatic hydroxyl groups is 1. The van der Waals surface area contributed by atoms with Crippen molar-refractivity contribution in [2.45, 2.75) is 90.8 Å². The highest BCUT2D eigenvalue weighted by atomic mass is 16.6. The van der Waals surface area contributed by atoms with Crippen molar-refractivity contribution in [2.75, 3.05) is 7.11 Å². The molecule has 0 aromatic carbocycles. The molecule has 0 radical (unpaired) electrons. The van der Waals surface area contributed by atoms with Gasteiger partial charge in [-0.25, -0.2) is 9.59 Å². The lowest BCUT2D eigenvalue weighted by molar-refractivity contribution is -0.231. The fourth-order valence-corrected chi connectivity index (χ4v) is 9.83. The minimum Gasteiger partial charge on any atom is -0.472 e. The van der Waals surface area contributed by atoms with E-state index in [0.29, 0.717) is 18.4 Å². The number of ether oxygens (including phenoxy) is 4. The minimum atomic E-state index is -1.65. The number of methoxy groups -OCH3 is 1. The van der Waals surface area contributed by atoms with Gasteiger partial charge in [-0.05, 0) is 32.8 Å². The largest absolute Gasteiger partial charge is 0.472 e. The molecule has 3 aliphatic carbocycles. The van der Waals surface area contributed by atoms with Crippen LogP contribution in [0.15, 0.2) is 34.7 Å². The van der Waals surface area contributed by atoms with Gasteiger partial charge in [-0.15, -0.1) is 0 Å².